The summed E-state index contributed by atoms with van der Waals surface area (Å²) >= 11 is 3.31. The molecule has 1 aromatic carbocycles. The second kappa shape index (κ2) is 7.27. The van der Waals surface area contributed by atoms with E-state index in [1.165, 1.54) is 11.1 Å². The number of thioether (sulfide) groups is 1. The minimum absolute atomic E-state index is 0.369. The summed E-state index contributed by atoms with van der Waals surface area (Å²) in [6, 6.07) is 8.65. The molecule has 0 atom stereocenters. The van der Waals surface area contributed by atoms with Crippen LogP contribution in [0.4, 0.5) is 0 Å². The molecule has 1 N–H and O–H groups in total. The summed E-state index contributed by atoms with van der Waals surface area (Å²) in [5, 5.41) is 11.2. The molecule has 4 nitrogen and oxygen atoms in total. The molecule has 6 heteroatoms. The molecular formula is C17H20N4S2. The Labute approximate surface area is 144 Å². The van der Waals surface area contributed by atoms with Gasteiger partial charge < -0.3 is 0 Å². The van der Waals surface area contributed by atoms with Gasteiger partial charge in [0, 0.05) is 22.6 Å². The van der Waals surface area contributed by atoms with Crippen LogP contribution in [0.25, 0.3) is 10.6 Å². The van der Waals surface area contributed by atoms with Crippen LogP contribution in [0.3, 0.4) is 0 Å². The van der Waals surface area contributed by atoms with Gasteiger partial charge in [0.1, 0.15) is 10.8 Å². The van der Waals surface area contributed by atoms with Gasteiger partial charge in [-0.15, -0.1) is 16.4 Å². The number of benzene rings is 1. The molecule has 0 amide bonds. The van der Waals surface area contributed by atoms with Crippen molar-refractivity contribution in [1.29, 1.82) is 0 Å². The molecule has 3 rings (SSSR count). The molecule has 23 heavy (non-hydrogen) atoms. The molecule has 0 aliphatic heterocycles. The van der Waals surface area contributed by atoms with Crippen molar-refractivity contribution in [3.8, 4) is 10.6 Å². The van der Waals surface area contributed by atoms with Crippen LogP contribution in [0, 0.1) is 0 Å². The highest BCUT2D eigenvalue weighted by molar-refractivity contribution is 7.98. The third-order valence-electron chi connectivity index (χ3n) is 3.54. The Balaban J connectivity index is 1.64. The monoisotopic (exact) mass is 344 g/mol. The average Bonchev–Trinajstić information content (AvgIpc) is 3.22. The first-order valence-corrected chi connectivity index (χ1v) is 9.61. The highest BCUT2D eigenvalue weighted by Gasteiger charge is 2.09. The Morgan fingerprint density at radius 3 is 2.61 bits per heavy atom. The van der Waals surface area contributed by atoms with Gasteiger partial charge in [-0.05, 0) is 12.0 Å². The lowest BCUT2D eigenvalue weighted by Gasteiger charge is -1.99. The molecule has 0 bridgehead atoms. The third kappa shape index (κ3) is 4.00. The van der Waals surface area contributed by atoms with Crippen LogP contribution < -0.4 is 0 Å². The largest absolute Gasteiger partial charge is 0.262 e. The molecule has 2 heterocycles. The minimum atomic E-state index is 0.369. The lowest BCUT2D eigenvalue weighted by atomic mass is 10.1. The first kappa shape index (κ1) is 16.2. The van der Waals surface area contributed by atoms with Gasteiger partial charge in [0.05, 0.1) is 5.69 Å². The molecule has 0 saturated carbocycles. The van der Waals surface area contributed by atoms with Gasteiger partial charge in [-0.25, -0.2) is 9.97 Å². The van der Waals surface area contributed by atoms with Crippen LogP contribution >= 0.6 is 23.1 Å². The third-order valence-corrected chi connectivity index (χ3v) is 5.36. The van der Waals surface area contributed by atoms with Gasteiger partial charge in [-0.3, -0.25) is 5.10 Å². The van der Waals surface area contributed by atoms with E-state index in [0.717, 1.165) is 33.9 Å². The van der Waals surface area contributed by atoms with Gasteiger partial charge in [0.2, 0.25) is 5.16 Å². The van der Waals surface area contributed by atoms with Crippen LogP contribution in [0.5, 0.6) is 0 Å². The molecule has 2 aromatic heterocycles. The van der Waals surface area contributed by atoms with E-state index < -0.39 is 0 Å². The Morgan fingerprint density at radius 2 is 1.96 bits per heavy atom. The number of hydrogen-bond acceptors (Lipinski definition) is 5. The molecule has 0 spiro atoms. The number of aromatic nitrogens is 4. The van der Waals surface area contributed by atoms with Crippen molar-refractivity contribution in [2.75, 3.05) is 0 Å². The number of thiazole rings is 1. The summed E-state index contributed by atoms with van der Waals surface area (Å²) < 4.78 is 0. The minimum Gasteiger partial charge on any atom is -0.262 e. The molecule has 0 aliphatic rings. The van der Waals surface area contributed by atoms with Crippen LogP contribution in [0.15, 0.2) is 34.8 Å². The summed E-state index contributed by atoms with van der Waals surface area (Å²) in [6.45, 7) is 6.37. The van der Waals surface area contributed by atoms with Crippen LogP contribution in [0.1, 0.15) is 43.8 Å². The quantitative estimate of drug-likeness (QED) is 0.646. The molecule has 0 saturated heterocycles. The zero-order valence-corrected chi connectivity index (χ0v) is 15.2. The number of aromatic amines is 1. The fourth-order valence-corrected chi connectivity index (χ4v) is 3.74. The predicted octanol–water partition coefficient (Wildman–Crippen LogP) is 4.91. The van der Waals surface area contributed by atoms with Crippen molar-refractivity contribution in [2.45, 2.75) is 44.0 Å². The highest BCUT2D eigenvalue weighted by atomic mass is 32.2. The second-order valence-corrected chi connectivity index (χ2v) is 7.44. The Morgan fingerprint density at radius 1 is 1.17 bits per heavy atom. The maximum atomic E-state index is 4.72. The van der Waals surface area contributed by atoms with Crippen molar-refractivity contribution in [3.05, 3.63) is 46.7 Å². The summed E-state index contributed by atoms with van der Waals surface area (Å²) in [5.41, 5.74) is 3.61. The van der Waals surface area contributed by atoms with Gasteiger partial charge in [0.25, 0.3) is 0 Å². The van der Waals surface area contributed by atoms with E-state index in [1.807, 2.05) is 0 Å². The number of H-pyrrole nitrogens is 1. The summed E-state index contributed by atoms with van der Waals surface area (Å²) in [7, 11) is 0. The highest BCUT2D eigenvalue weighted by Crippen LogP contribution is 2.27. The number of nitrogens with zero attached hydrogens (tertiary/aromatic N) is 3. The number of hydrogen-bond donors (Lipinski definition) is 1. The van der Waals surface area contributed by atoms with Crippen molar-refractivity contribution >= 4 is 23.1 Å². The first-order chi connectivity index (χ1) is 11.2. The lowest BCUT2D eigenvalue weighted by molar-refractivity contribution is 0.780. The zero-order chi connectivity index (χ0) is 16.2. The van der Waals surface area contributed by atoms with Crippen molar-refractivity contribution in [3.63, 3.8) is 0 Å². The number of rotatable bonds is 6. The maximum absolute atomic E-state index is 4.72. The van der Waals surface area contributed by atoms with Gasteiger partial charge >= 0.3 is 0 Å². The van der Waals surface area contributed by atoms with Crippen LogP contribution in [-0.2, 0) is 12.2 Å². The molecule has 120 valence electrons. The average molecular weight is 345 g/mol. The predicted molar refractivity (Wildman–Crippen MR) is 97.0 cm³/mol. The summed E-state index contributed by atoms with van der Waals surface area (Å²) in [4.78, 5) is 9.21. The Kier molecular flexibility index (Phi) is 5.13. The van der Waals surface area contributed by atoms with E-state index in [4.69, 9.17) is 4.98 Å². The molecule has 0 aliphatic carbocycles. The number of aryl methyl sites for hydroxylation is 1. The summed E-state index contributed by atoms with van der Waals surface area (Å²) in [5.74, 6) is 2.09. The van der Waals surface area contributed by atoms with Crippen molar-refractivity contribution < 1.29 is 0 Å². The van der Waals surface area contributed by atoms with E-state index >= 15 is 0 Å². The van der Waals surface area contributed by atoms with Crippen LogP contribution in [0.2, 0.25) is 0 Å². The van der Waals surface area contributed by atoms with E-state index in [1.54, 1.807) is 23.1 Å². The topological polar surface area (TPSA) is 54.5 Å². The number of nitrogens with one attached hydrogen (secondary N) is 1. The smallest absolute Gasteiger partial charge is 0.208 e. The van der Waals surface area contributed by atoms with Crippen molar-refractivity contribution in [2.24, 2.45) is 0 Å². The van der Waals surface area contributed by atoms with E-state index in [9.17, 15) is 0 Å². The van der Waals surface area contributed by atoms with E-state index in [-0.39, 0.29) is 0 Å². The SMILES string of the molecule is CCc1ccc(-c2nc(CSc3n[nH]c(C(C)C)n3)cs2)cc1. The molecule has 0 radical (unpaired) electrons. The normalized spacial score (nSPS) is 11.3. The van der Waals surface area contributed by atoms with Gasteiger partial charge in [-0.1, -0.05) is 56.8 Å². The first-order valence-electron chi connectivity index (χ1n) is 7.74. The fraction of sp³-hybridized carbons (Fsp3) is 0.353. The maximum Gasteiger partial charge on any atom is 0.208 e. The molecule has 0 fully saturated rings. The van der Waals surface area contributed by atoms with E-state index in [0.29, 0.717) is 5.92 Å². The lowest BCUT2D eigenvalue weighted by Crippen LogP contribution is -1.89. The Bertz CT molecular complexity index is 759. The zero-order valence-electron chi connectivity index (χ0n) is 13.5. The molecular weight excluding hydrogens is 324 g/mol. The second-order valence-electron chi connectivity index (χ2n) is 5.64. The summed E-state index contributed by atoms with van der Waals surface area (Å²) in [6.07, 6.45) is 1.06. The molecule has 0 unspecified atom stereocenters. The van der Waals surface area contributed by atoms with Crippen LogP contribution in [-0.4, -0.2) is 20.2 Å². The standard InChI is InChI=1S/C17H20N4S2/c1-4-12-5-7-13(8-6-12)16-18-14(9-22-16)10-23-17-19-15(11(2)3)20-21-17/h5-9,11H,4,10H2,1-3H3,(H,19,20,21). The Hall–Kier alpha value is -1.66. The van der Waals surface area contributed by atoms with Crippen molar-refractivity contribution in [1.82, 2.24) is 20.2 Å². The van der Waals surface area contributed by atoms with Gasteiger partial charge in [0.15, 0.2) is 0 Å². The fourth-order valence-electron chi connectivity index (χ4n) is 2.11. The van der Waals surface area contributed by atoms with E-state index in [2.05, 4.69) is 65.6 Å². The molecule has 3 aromatic rings. The van der Waals surface area contributed by atoms with Gasteiger partial charge in [-0.2, -0.15) is 0 Å².